The Kier molecular flexibility index (Phi) is 3.03. The minimum Gasteiger partial charge on any atom is -0.451 e. The number of hydrogen-bond donors (Lipinski definition) is 0. The molecule has 0 bridgehead atoms. The van der Waals surface area contributed by atoms with Crippen LogP contribution in [0.1, 0.15) is 5.76 Å². The van der Waals surface area contributed by atoms with Gasteiger partial charge in [-0.25, -0.2) is 0 Å². The molecule has 6 heteroatoms. The fourth-order valence-electron chi connectivity index (χ4n) is 2.74. The Bertz CT molecular complexity index is 1120. The maximum absolute atomic E-state index is 12.8. The number of para-hydroxylation sites is 1. The first-order chi connectivity index (χ1) is 11.4. The summed E-state index contributed by atoms with van der Waals surface area (Å²) in [6.07, 6.45) is -2.89. The molecule has 2 heterocycles. The summed E-state index contributed by atoms with van der Waals surface area (Å²) >= 11 is 0. The highest BCUT2D eigenvalue weighted by molar-refractivity contribution is 5.84. The van der Waals surface area contributed by atoms with Crippen LogP contribution in [0.15, 0.2) is 70.0 Å². The van der Waals surface area contributed by atoms with Crippen LogP contribution >= 0.6 is 0 Å². The van der Waals surface area contributed by atoms with Crippen molar-refractivity contribution in [2.45, 2.75) is 6.18 Å². The Morgan fingerprint density at radius 3 is 2.54 bits per heavy atom. The molecule has 3 nitrogen and oxygen atoms in total. The van der Waals surface area contributed by atoms with Gasteiger partial charge in [0, 0.05) is 24.0 Å². The summed E-state index contributed by atoms with van der Waals surface area (Å²) in [5, 5.41) is 1.12. The lowest BCUT2D eigenvalue weighted by atomic mass is 10.2. The van der Waals surface area contributed by atoms with Crippen molar-refractivity contribution in [3.8, 4) is 5.69 Å². The van der Waals surface area contributed by atoms with E-state index in [2.05, 4.69) is 0 Å². The molecule has 0 unspecified atom stereocenters. The number of hydrogen-bond acceptors (Lipinski definition) is 2. The summed E-state index contributed by atoms with van der Waals surface area (Å²) in [7, 11) is 0. The van der Waals surface area contributed by atoms with Crippen molar-refractivity contribution >= 4 is 21.9 Å². The Morgan fingerprint density at radius 2 is 1.75 bits per heavy atom. The lowest BCUT2D eigenvalue weighted by molar-refractivity contribution is -0.152. The molecule has 0 atom stereocenters. The molecule has 2 aromatic heterocycles. The van der Waals surface area contributed by atoms with Crippen LogP contribution < -0.4 is 5.43 Å². The van der Waals surface area contributed by atoms with Crippen LogP contribution in [0.4, 0.5) is 13.2 Å². The van der Waals surface area contributed by atoms with Gasteiger partial charge in [0.2, 0.25) is 5.76 Å². The minimum absolute atomic E-state index is 0.0925. The minimum atomic E-state index is -4.70. The Hall–Kier alpha value is -3.02. The molecule has 0 amide bonds. The standard InChI is InChI=1S/C18H10F3NO2/c19-18(20,21)17-10-15(23)13-6-5-12(9-16(13)24-17)22-8-7-11-3-1-2-4-14(11)22/h1-10H. The fraction of sp³-hybridized carbons (Fsp3) is 0.0556. The number of benzene rings is 2. The van der Waals surface area contributed by atoms with Gasteiger partial charge in [0.15, 0.2) is 5.43 Å². The average Bonchev–Trinajstić information content (AvgIpc) is 2.97. The van der Waals surface area contributed by atoms with Crippen LogP contribution in [-0.2, 0) is 6.18 Å². The van der Waals surface area contributed by atoms with Gasteiger partial charge in [-0.2, -0.15) is 13.2 Å². The Labute approximate surface area is 133 Å². The van der Waals surface area contributed by atoms with E-state index in [1.54, 1.807) is 6.07 Å². The highest BCUT2D eigenvalue weighted by atomic mass is 19.4. The predicted molar refractivity (Wildman–Crippen MR) is 84.3 cm³/mol. The van der Waals surface area contributed by atoms with Gasteiger partial charge in [-0.05, 0) is 29.7 Å². The van der Waals surface area contributed by atoms with Gasteiger partial charge in [-0.1, -0.05) is 18.2 Å². The molecule has 0 saturated carbocycles. The molecule has 2 aromatic carbocycles. The van der Waals surface area contributed by atoms with E-state index in [1.807, 2.05) is 41.1 Å². The van der Waals surface area contributed by atoms with Gasteiger partial charge >= 0.3 is 6.18 Å². The normalized spacial score (nSPS) is 12.1. The first-order valence-corrected chi connectivity index (χ1v) is 7.15. The van der Waals surface area contributed by atoms with Crippen molar-refractivity contribution in [3.05, 3.63) is 76.8 Å². The van der Waals surface area contributed by atoms with Crippen LogP contribution in [0.3, 0.4) is 0 Å². The SMILES string of the molecule is O=c1cc(C(F)(F)F)oc2cc(-n3ccc4ccccc43)ccc12. The topological polar surface area (TPSA) is 35.1 Å². The van der Waals surface area contributed by atoms with Crippen LogP contribution in [0.25, 0.3) is 27.6 Å². The fourth-order valence-corrected chi connectivity index (χ4v) is 2.74. The van der Waals surface area contributed by atoms with Crippen molar-refractivity contribution in [1.82, 2.24) is 4.57 Å². The van der Waals surface area contributed by atoms with Gasteiger partial charge in [0.05, 0.1) is 10.9 Å². The summed E-state index contributed by atoms with van der Waals surface area (Å²) in [6, 6.07) is 14.6. The zero-order chi connectivity index (χ0) is 16.9. The second-order valence-electron chi connectivity index (χ2n) is 5.40. The zero-order valence-corrected chi connectivity index (χ0v) is 12.2. The van der Waals surface area contributed by atoms with Gasteiger partial charge in [0.1, 0.15) is 5.58 Å². The summed E-state index contributed by atoms with van der Waals surface area (Å²) in [4.78, 5) is 11.9. The number of rotatable bonds is 1. The maximum Gasteiger partial charge on any atom is 0.449 e. The van der Waals surface area contributed by atoms with Crippen molar-refractivity contribution in [3.63, 3.8) is 0 Å². The zero-order valence-electron chi connectivity index (χ0n) is 12.2. The number of fused-ring (bicyclic) bond motifs is 2. The van der Waals surface area contributed by atoms with Gasteiger partial charge in [-0.3, -0.25) is 4.79 Å². The molecule has 24 heavy (non-hydrogen) atoms. The molecule has 0 aliphatic heterocycles. The van der Waals surface area contributed by atoms with Crippen molar-refractivity contribution in [1.29, 1.82) is 0 Å². The summed E-state index contributed by atoms with van der Waals surface area (Å²) in [6.45, 7) is 0. The van der Waals surface area contributed by atoms with E-state index >= 15 is 0 Å². The molecule has 120 valence electrons. The molecule has 0 spiro atoms. The Balaban J connectivity index is 1.96. The van der Waals surface area contributed by atoms with Crippen molar-refractivity contribution in [2.75, 3.05) is 0 Å². The number of alkyl halides is 3. The predicted octanol–water partition coefficient (Wildman–Crippen LogP) is 4.76. The molecule has 0 aliphatic rings. The first kappa shape index (κ1) is 14.6. The smallest absolute Gasteiger partial charge is 0.449 e. The number of halogens is 3. The van der Waals surface area contributed by atoms with E-state index in [0.717, 1.165) is 10.9 Å². The quantitative estimate of drug-likeness (QED) is 0.505. The van der Waals surface area contributed by atoms with Crippen LogP contribution in [0.5, 0.6) is 0 Å². The van der Waals surface area contributed by atoms with Crippen LogP contribution in [-0.4, -0.2) is 4.57 Å². The third kappa shape index (κ3) is 2.27. The average molecular weight is 329 g/mol. The highest BCUT2D eigenvalue weighted by Gasteiger charge is 2.34. The molecule has 0 fully saturated rings. The molecule has 4 aromatic rings. The van der Waals surface area contributed by atoms with Gasteiger partial charge in [-0.15, -0.1) is 0 Å². The van der Waals surface area contributed by atoms with Crippen LogP contribution in [0, 0.1) is 0 Å². The van der Waals surface area contributed by atoms with Crippen molar-refractivity contribution < 1.29 is 17.6 Å². The van der Waals surface area contributed by atoms with E-state index in [0.29, 0.717) is 11.8 Å². The summed E-state index contributed by atoms with van der Waals surface area (Å²) in [5.74, 6) is -1.30. The molecule has 4 rings (SSSR count). The summed E-state index contributed by atoms with van der Waals surface area (Å²) in [5.41, 5.74) is 0.718. The second-order valence-corrected chi connectivity index (χ2v) is 5.40. The van der Waals surface area contributed by atoms with Crippen LogP contribution in [0.2, 0.25) is 0 Å². The molecular weight excluding hydrogens is 319 g/mol. The highest BCUT2D eigenvalue weighted by Crippen LogP contribution is 2.31. The number of nitrogens with zero attached hydrogens (tertiary/aromatic N) is 1. The molecular formula is C18H10F3NO2. The van der Waals surface area contributed by atoms with Crippen molar-refractivity contribution in [2.24, 2.45) is 0 Å². The van der Waals surface area contributed by atoms with E-state index in [1.165, 1.54) is 12.1 Å². The van der Waals surface area contributed by atoms with E-state index < -0.39 is 17.4 Å². The monoisotopic (exact) mass is 329 g/mol. The lowest BCUT2D eigenvalue weighted by Gasteiger charge is -2.09. The van der Waals surface area contributed by atoms with Gasteiger partial charge in [0.25, 0.3) is 0 Å². The molecule has 0 saturated heterocycles. The Morgan fingerprint density at radius 1 is 0.958 bits per heavy atom. The third-order valence-corrected chi connectivity index (χ3v) is 3.87. The van der Waals surface area contributed by atoms with E-state index in [-0.39, 0.29) is 11.0 Å². The molecule has 0 N–H and O–H groups in total. The van der Waals surface area contributed by atoms with Gasteiger partial charge < -0.3 is 8.98 Å². The number of aromatic nitrogens is 1. The first-order valence-electron chi connectivity index (χ1n) is 7.15. The second kappa shape index (κ2) is 4.99. The lowest BCUT2D eigenvalue weighted by Crippen LogP contribution is -2.11. The van der Waals surface area contributed by atoms with E-state index in [9.17, 15) is 18.0 Å². The maximum atomic E-state index is 12.8. The molecule has 0 aliphatic carbocycles. The molecule has 0 radical (unpaired) electrons. The van der Waals surface area contributed by atoms with E-state index in [4.69, 9.17) is 4.42 Å². The summed E-state index contributed by atoms with van der Waals surface area (Å²) < 4.78 is 45.3. The third-order valence-electron chi connectivity index (χ3n) is 3.87. The largest absolute Gasteiger partial charge is 0.451 e.